The predicted octanol–water partition coefficient (Wildman–Crippen LogP) is 2.86. The van der Waals surface area contributed by atoms with E-state index >= 15 is 0 Å². The maximum Gasteiger partial charge on any atom is 0.234 e. The van der Waals surface area contributed by atoms with Crippen LogP contribution >= 0.6 is 0 Å². The minimum absolute atomic E-state index is 0.226. The molecule has 0 bridgehead atoms. The fraction of sp³-hybridized carbons (Fsp3) is 0.682. The van der Waals surface area contributed by atoms with Crippen molar-refractivity contribution in [1.82, 2.24) is 15.1 Å². The number of amides is 1. The van der Waals surface area contributed by atoms with E-state index in [1.165, 1.54) is 50.8 Å². The van der Waals surface area contributed by atoms with Crippen LogP contribution in [0.15, 0.2) is 30.3 Å². The second-order valence-corrected chi connectivity index (χ2v) is 8.76. The molecule has 1 N–H and O–H groups in total. The summed E-state index contributed by atoms with van der Waals surface area (Å²) in [6.07, 6.45) is 6.09. The van der Waals surface area contributed by atoms with E-state index in [-0.39, 0.29) is 5.91 Å². The predicted molar refractivity (Wildman–Crippen MR) is 105 cm³/mol. The molecule has 1 amide bonds. The summed E-state index contributed by atoms with van der Waals surface area (Å²) < 4.78 is 0. The van der Waals surface area contributed by atoms with Crippen molar-refractivity contribution in [2.45, 2.75) is 51.0 Å². The number of hydrogen-bond donors (Lipinski definition) is 1. The number of nitrogens with one attached hydrogen (secondary N) is 1. The summed E-state index contributed by atoms with van der Waals surface area (Å²) in [6.45, 7) is 8.57. The van der Waals surface area contributed by atoms with E-state index in [4.69, 9.17) is 0 Å². The molecule has 1 saturated carbocycles. The van der Waals surface area contributed by atoms with E-state index in [0.717, 1.165) is 19.6 Å². The molecule has 2 saturated heterocycles. The standard InChI is InChI=1S/C22H33N3O/c1-2-24-15-19(18-6-4-3-5-7-18)14-22(17-24)10-12-25(13-11-22)16-21(26)23-20-8-9-20/h3-7,19-20H,2,8-17H2,1H3,(H,23,26). The number of hydrogen-bond acceptors (Lipinski definition) is 3. The molecule has 142 valence electrons. The molecule has 3 fully saturated rings. The molecular formula is C22H33N3O. The monoisotopic (exact) mass is 355 g/mol. The van der Waals surface area contributed by atoms with E-state index in [9.17, 15) is 4.79 Å². The van der Waals surface area contributed by atoms with Gasteiger partial charge in [0, 0.05) is 19.1 Å². The molecule has 1 aromatic rings. The smallest absolute Gasteiger partial charge is 0.234 e. The topological polar surface area (TPSA) is 35.6 Å². The highest BCUT2D eigenvalue weighted by molar-refractivity contribution is 5.78. The highest BCUT2D eigenvalue weighted by Gasteiger charge is 2.42. The van der Waals surface area contributed by atoms with Crippen molar-refractivity contribution in [3.8, 4) is 0 Å². The normalized spacial score (nSPS) is 26.7. The van der Waals surface area contributed by atoms with Crippen LogP contribution in [0.25, 0.3) is 0 Å². The van der Waals surface area contributed by atoms with E-state index in [1.807, 2.05) is 0 Å². The Hall–Kier alpha value is -1.39. The summed E-state index contributed by atoms with van der Waals surface area (Å²) in [5.74, 6) is 0.874. The van der Waals surface area contributed by atoms with Crippen molar-refractivity contribution in [2.75, 3.05) is 39.3 Å². The molecule has 4 rings (SSSR count). The average molecular weight is 356 g/mol. The summed E-state index contributed by atoms with van der Waals surface area (Å²) in [5.41, 5.74) is 1.93. The number of nitrogens with zero attached hydrogens (tertiary/aromatic N) is 2. The maximum absolute atomic E-state index is 12.1. The average Bonchev–Trinajstić information content (AvgIpc) is 3.48. The second-order valence-electron chi connectivity index (χ2n) is 8.76. The summed E-state index contributed by atoms with van der Waals surface area (Å²) in [4.78, 5) is 17.1. The largest absolute Gasteiger partial charge is 0.352 e. The molecule has 0 radical (unpaired) electrons. The van der Waals surface area contributed by atoms with Crippen molar-refractivity contribution < 1.29 is 4.79 Å². The van der Waals surface area contributed by atoms with Gasteiger partial charge in [0.15, 0.2) is 0 Å². The fourth-order valence-electron chi connectivity index (χ4n) is 4.94. The first-order valence-electron chi connectivity index (χ1n) is 10.4. The van der Waals surface area contributed by atoms with Gasteiger partial charge in [-0.3, -0.25) is 9.69 Å². The highest BCUT2D eigenvalue weighted by atomic mass is 16.2. The van der Waals surface area contributed by atoms with Crippen molar-refractivity contribution in [2.24, 2.45) is 5.41 Å². The van der Waals surface area contributed by atoms with E-state index in [2.05, 4.69) is 52.4 Å². The number of likely N-dealkylation sites (N-methyl/N-ethyl adjacent to an activating group) is 1. The SMILES string of the molecule is CCN1CC(c2ccccc2)CC2(CCN(CC(=O)NC3CC3)CC2)C1. The van der Waals surface area contributed by atoms with E-state index in [1.54, 1.807) is 0 Å². The third kappa shape index (κ3) is 4.29. The van der Waals surface area contributed by atoms with Crippen molar-refractivity contribution in [1.29, 1.82) is 0 Å². The van der Waals surface area contributed by atoms with Crippen LogP contribution in [0.1, 0.15) is 50.5 Å². The molecule has 0 aromatic heterocycles. The zero-order valence-electron chi connectivity index (χ0n) is 16.1. The summed E-state index contributed by atoms with van der Waals surface area (Å²) in [6, 6.07) is 11.5. The first-order chi connectivity index (χ1) is 12.7. The first kappa shape index (κ1) is 18.0. The van der Waals surface area contributed by atoms with Crippen LogP contribution in [0.2, 0.25) is 0 Å². The lowest BCUT2D eigenvalue weighted by molar-refractivity contribution is -0.123. The minimum Gasteiger partial charge on any atom is -0.352 e. The Morgan fingerprint density at radius 2 is 1.88 bits per heavy atom. The zero-order valence-corrected chi connectivity index (χ0v) is 16.1. The van der Waals surface area contributed by atoms with Crippen LogP contribution in [0, 0.1) is 5.41 Å². The Morgan fingerprint density at radius 1 is 1.15 bits per heavy atom. The molecule has 1 atom stereocenters. The molecule has 1 aromatic carbocycles. The van der Waals surface area contributed by atoms with Gasteiger partial charge >= 0.3 is 0 Å². The number of carbonyl (C=O) groups excluding carboxylic acids is 1. The van der Waals surface area contributed by atoms with Crippen molar-refractivity contribution in [3.63, 3.8) is 0 Å². The molecule has 1 spiro atoms. The van der Waals surface area contributed by atoms with Crippen LogP contribution < -0.4 is 5.32 Å². The van der Waals surface area contributed by atoms with Gasteiger partial charge in [0.2, 0.25) is 5.91 Å². The van der Waals surface area contributed by atoms with Gasteiger partial charge in [-0.25, -0.2) is 0 Å². The third-order valence-corrected chi connectivity index (χ3v) is 6.66. The van der Waals surface area contributed by atoms with Crippen LogP contribution in [-0.2, 0) is 4.79 Å². The number of likely N-dealkylation sites (tertiary alicyclic amines) is 2. The maximum atomic E-state index is 12.1. The fourth-order valence-corrected chi connectivity index (χ4v) is 4.94. The van der Waals surface area contributed by atoms with Gasteiger partial charge in [0.1, 0.15) is 0 Å². The van der Waals surface area contributed by atoms with Crippen LogP contribution in [0.4, 0.5) is 0 Å². The zero-order chi connectivity index (χ0) is 18.0. The number of piperidine rings is 2. The van der Waals surface area contributed by atoms with Crippen molar-refractivity contribution >= 4 is 5.91 Å². The van der Waals surface area contributed by atoms with Gasteiger partial charge in [0.25, 0.3) is 0 Å². The lowest BCUT2D eigenvalue weighted by Gasteiger charge is -2.50. The Bertz CT molecular complexity index is 605. The molecule has 2 heterocycles. The van der Waals surface area contributed by atoms with Gasteiger partial charge in [0.05, 0.1) is 6.54 Å². The van der Waals surface area contributed by atoms with Gasteiger partial charge in [-0.05, 0) is 68.6 Å². The van der Waals surface area contributed by atoms with Crippen LogP contribution in [0.5, 0.6) is 0 Å². The quantitative estimate of drug-likeness (QED) is 0.882. The van der Waals surface area contributed by atoms with Crippen LogP contribution in [-0.4, -0.2) is 61.0 Å². The highest BCUT2D eigenvalue weighted by Crippen LogP contribution is 2.44. The molecule has 4 heteroatoms. The van der Waals surface area contributed by atoms with Crippen molar-refractivity contribution in [3.05, 3.63) is 35.9 Å². The molecule has 3 aliphatic rings. The lowest BCUT2D eigenvalue weighted by atomic mass is 9.68. The molecule has 4 nitrogen and oxygen atoms in total. The molecular weight excluding hydrogens is 322 g/mol. The van der Waals surface area contributed by atoms with E-state index < -0.39 is 0 Å². The first-order valence-corrected chi connectivity index (χ1v) is 10.4. The van der Waals surface area contributed by atoms with E-state index in [0.29, 0.717) is 23.9 Å². The number of carbonyl (C=O) groups is 1. The molecule has 1 aliphatic carbocycles. The molecule has 2 aliphatic heterocycles. The summed E-state index contributed by atoms with van der Waals surface area (Å²) in [5, 5.41) is 3.13. The number of benzene rings is 1. The number of rotatable bonds is 5. The second kappa shape index (κ2) is 7.69. The summed E-state index contributed by atoms with van der Waals surface area (Å²) >= 11 is 0. The van der Waals surface area contributed by atoms with Gasteiger partial charge in [-0.1, -0.05) is 37.3 Å². The minimum atomic E-state index is 0.226. The molecule has 1 unspecified atom stereocenters. The Labute approximate surface area is 157 Å². The summed E-state index contributed by atoms with van der Waals surface area (Å²) in [7, 11) is 0. The van der Waals surface area contributed by atoms with Crippen LogP contribution in [0.3, 0.4) is 0 Å². The van der Waals surface area contributed by atoms with Gasteiger partial charge < -0.3 is 10.2 Å². The lowest BCUT2D eigenvalue weighted by Crippen LogP contribution is -2.52. The Balaban J connectivity index is 1.37. The third-order valence-electron chi connectivity index (χ3n) is 6.66. The van der Waals surface area contributed by atoms with Gasteiger partial charge in [-0.15, -0.1) is 0 Å². The Kier molecular flexibility index (Phi) is 5.32. The Morgan fingerprint density at radius 3 is 2.54 bits per heavy atom. The molecule has 26 heavy (non-hydrogen) atoms. The van der Waals surface area contributed by atoms with Gasteiger partial charge in [-0.2, -0.15) is 0 Å².